The third-order valence-corrected chi connectivity index (χ3v) is 7.74. The van der Waals surface area contributed by atoms with Crippen LogP contribution in [0.2, 0.25) is 0 Å². The van der Waals surface area contributed by atoms with Gasteiger partial charge in [-0.2, -0.15) is 5.26 Å². The Balaban J connectivity index is 1.57. The van der Waals surface area contributed by atoms with E-state index in [1.54, 1.807) is 18.5 Å². The summed E-state index contributed by atoms with van der Waals surface area (Å²) < 4.78 is 4.97. The number of para-hydroxylation sites is 1. The minimum Gasteiger partial charge on any atom is -0.309 e. The van der Waals surface area contributed by atoms with E-state index in [-0.39, 0.29) is 0 Å². The minimum absolute atomic E-state index is 0.626. The summed E-state index contributed by atoms with van der Waals surface area (Å²) in [5.41, 5.74) is 5.88. The van der Waals surface area contributed by atoms with E-state index in [2.05, 4.69) is 94.5 Å². The van der Waals surface area contributed by atoms with Crippen molar-refractivity contribution in [2.24, 2.45) is 0 Å². The van der Waals surface area contributed by atoms with Crippen molar-refractivity contribution >= 4 is 53.3 Å². The molecule has 4 aromatic carbocycles. The molecule has 7 aromatic rings. The number of pyridine rings is 1. The highest BCUT2D eigenvalue weighted by molar-refractivity contribution is 7.26. The fourth-order valence-electron chi connectivity index (χ4n) is 5.05. The molecule has 4 heteroatoms. The number of nitriles is 1. The lowest BCUT2D eigenvalue weighted by Gasteiger charge is -2.11. The van der Waals surface area contributed by atoms with Crippen LogP contribution in [0.25, 0.3) is 58.8 Å². The van der Waals surface area contributed by atoms with E-state index in [1.807, 2.05) is 17.4 Å². The lowest BCUT2D eigenvalue weighted by Crippen LogP contribution is -1.95. The summed E-state index contributed by atoms with van der Waals surface area (Å²) in [6.45, 7) is 0. The van der Waals surface area contributed by atoms with E-state index < -0.39 is 0 Å². The van der Waals surface area contributed by atoms with Gasteiger partial charge in [0.05, 0.1) is 22.7 Å². The third-order valence-electron chi connectivity index (χ3n) is 6.54. The van der Waals surface area contributed by atoms with Gasteiger partial charge in [-0.1, -0.05) is 54.6 Å². The predicted molar refractivity (Wildman–Crippen MR) is 142 cm³/mol. The number of benzene rings is 4. The molecule has 0 amide bonds. The molecule has 0 radical (unpaired) electrons. The van der Waals surface area contributed by atoms with Gasteiger partial charge in [-0.3, -0.25) is 4.98 Å². The van der Waals surface area contributed by atoms with Gasteiger partial charge < -0.3 is 4.57 Å². The SMILES string of the molecule is N#Cc1ccncc1-c1cccc(-n2c3ccccc3c3c4sc5ccccc5c4ccc32)c1. The van der Waals surface area contributed by atoms with Crippen LogP contribution in [0.15, 0.2) is 103 Å². The summed E-state index contributed by atoms with van der Waals surface area (Å²) >= 11 is 1.86. The van der Waals surface area contributed by atoms with E-state index in [4.69, 9.17) is 0 Å². The molecule has 0 aliphatic rings. The van der Waals surface area contributed by atoms with E-state index in [0.29, 0.717) is 5.56 Å². The molecule has 0 unspecified atom stereocenters. The summed E-state index contributed by atoms with van der Waals surface area (Å²) in [5.74, 6) is 0. The van der Waals surface area contributed by atoms with Crippen molar-refractivity contribution in [2.75, 3.05) is 0 Å². The summed E-state index contributed by atoms with van der Waals surface area (Å²) in [6.07, 6.45) is 3.43. The zero-order chi connectivity index (χ0) is 22.6. The molecule has 0 atom stereocenters. The van der Waals surface area contributed by atoms with Crippen LogP contribution in [0.5, 0.6) is 0 Å². The Morgan fingerprint density at radius 1 is 0.765 bits per heavy atom. The van der Waals surface area contributed by atoms with Crippen molar-refractivity contribution in [3.63, 3.8) is 0 Å². The summed E-state index contributed by atoms with van der Waals surface area (Å²) in [7, 11) is 0. The Morgan fingerprint density at radius 3 is 2.53 bits per heavy atom. The zero-order valence-electron chi connectivity index (χ0n) is 18.1. The van der Waals surface area contributed by atoms with E-state index >= 15 is 0 Å². The fourth-order valence-corrected chi connectivity index (χ4v) is 6.31. The first-order valence-electron chi connectivity index (χ1n) is 11.1. The molecule has 3 aromatic heterocycles. The van der Waals surface area contributed by atoms with E-state index in [9.17, 15) is 5.26 Å². The van der Waals surface area contributed by atoms with Crippen LogP contribution >= 0.6 is 11.3 Å². The Hall–Kier alpha value is -4.46. The highest BCUT2D eigenvalue weighted by Gasteiger charge is 2.17. The summed E-state index contributed by atoms with van der Waals surface area (Å²) in [6, 6.07) is 34.2. The Kier molecular flexibility index (Phi) is 4.08. The van der Waals surface area contributed by atoms with Gasteiger partial charge in [-0.15, -0.1) is 11.3 Å². The van der Waals surface area contributed by atoms with Crippen molar-refractivity contribution in [3.8, 4) is 22.9 Å². The Morgan fingerprint density at radius 2 is 1.62 bits per heavy atom. The van der Waals surface area contributed by atoms with Crippen LogP contribution in [0.4, 0.5) is 0 Å². The van der Waals surface area contributed by atoms with Crippen molar-refractivity contribution in [1.82, 2.24) is 9.55 Å². The molecule has 0 saturated heterocycles. The van der Waals surface area contributed by atoms with Gasteiger partial charge >= 0.3 is 0 Å². The Bertz CT molecular complexity index is 1930. The van der Waals surface area contributed by atoms with Crippen LogP contribution in [0.1, 0.15) is 5.56 Å². The largest absolute Gasteiger partial charge is 0.309 e. The van der Waals surface area contributed by atoms with Crippen LogP contribution in [0, 0.1) is 11.3 Å². The van der Waals surface area contributed by atoms with Gasteiger partial charge in [0.2, 0.25) is 0 Å². The van der Waals surface area contributed by atoms with Gasteiger partial charge in [0.1, 0.15) is 0 Å². The lowest BCUT2D eigenvalue weighted by atomic mass is 10.0. The van der Waals surface area contributed by atoms with Crippen LogP contribution < -0.4 is 0 Å². The topological polar surface area (TPSA) is 41.6 Å². The molecule has 0 aliphatic heterocycles. The molecule has 0 N–H and O–H groups in total. The van der Waals surface area contributed by atoms with Crippen molar-refractivity contribution in [1.29, 1.82) is 5.26 Å². The molecule has 158 valence electrons. The Labute approximate surface area is 199 Å². The predicted octanol–water partition coefficient (Wildman–Crippen LogP) is 8.09. The molecule has 0 spiro atoms. The van der Waals surface area contributed by atoms with Gasteiger partial charge in [0, 0.05) is 54.6 Å². The third kappa shape index (κ3) is 2.65. The summed E-state index contributed by atoms with van der Waals surface area (Å²) in [4.78, 5) is 4.26. The second-order valence-electron chi connectivity index (χ2n) is 8.37. The minimum atomic E-state index is 0.626. The molecular weight excluding hydrogens is 434 g/mol. The second-order valence-corrected chi connectivity index (χ2v) is 9.42. The number of rotatable bonds is 2. The lowest BCUT2D eigenvalue weighted by molar-refractivity contribution is 1.18. The monoisotopic (exact) mass is 451 g/mol. The van der Waals surface area contributed by atoms with Crippen molar-refractivity contribution in [3.05, 3.63) is 109 Å². The number of nitrogens with zero attached hydrogens (tertiary/aromatic N) is 3. The molecule has 0 aliphatic carbocycles. The number of hydrogen-bond donors (Lipinski definition) is 0. The fraction of sp³-hybridized carbons (Fsp3) is 0. The maximum atomic E-state index is 9.59. The highest BCUT2D eigenvalue weighted by atomic mass is 32.1. The first-order chi connectivity index (χ1) is 16.8. The molecular formula is C30H17N3S. The zero-order valence-corrected chi connectivity index (χ0v) is 18.9. The van der Waals surface area contributed by atoms with Crippen molar-refractivity contribution in [2.45, 2.75) is 0 Å². The van der Waals surface area contributed by atoms with Gasteiger partial charge in [0.15, 0.2) is 0 Å². The molecule has 3 nitrogen and oxygen atoms in total. The molecule has 0 fully saturated rings. The first kappa shape index (κ1) is 19.0. The van der Waals surface area contributed by atoms with E-state index in [1.165, 1.54) is 42.0 Å². The number of fused-ring (bicyclic) bond motifs is 7. The van der Waals surface area contributed by atoms with Crippen LogP contribution in [0.3, 0.4) is 0 Å². The molecule has 34 heavy (non-hydrogen) atoms. The molecule has 0 saturated carbocycles. The number of hydrogen-bond acceptors (Lipinski definition) is 3. The van der Waals surface area contributed by atoms with Crippen molar-refractivity contribution < 1.29 is 0 Å². The standard InChI is InChI=1S/C30H17N3S/c31-17-20-14-15-32-18-25(20)19-6-5-7-21(16-19)33-26-10-3-1-9-24(26)29-27(33)13-12-23-22-8-2-4-11-28(22)34-30(23)29/h1-16,18H. The number of thiophene rings is 1. The van der Waals surface area contributed by atoms with E-state index in [0.717, 1.165) is 16.8 Å². The smallest absolute Gasteiger partial charge is 0.0999 e. The van der Waals surface area contributed by atoms with Crippen LogP contribution in [-0.2, 0) is 0 Å². The first-order valence-corrected chi connectivity index (χ1v) is 11.9. The second kappa shape index (κ2) is 7.28. The molecule has 0 bridgehead atoms. The normalized spacial score (nSPS) is 11.5. The van der Waals surface area contributed by atoms with Crippen LogP contribution in [-0.4, -0.2) is 9.55 Å². The maximum absolute atomic E-state index is 9.59. The average molecular weight is 452 g/mol. The highest BCUT2D eigenvalue weighted by Crippen LogP contribution is 2.43. The summed E-state index contributed by atoms with van der Waals surface area (Å²) in [5, 5.41) is 14.7. The average Bonchev–Trinajstić information content (AvgIpc) is 3.44. The van der Waals surface area contributed by atoms with Gasteiger partial charge in [-0.05, 0) is 42.0 Å². The number of aromatic nitrogens is 2. The maximum Gasteiger partial charge on any atom is 0.0999 e. The molecule has 7 rings (SSSR count). The quantitative estimate of drug-likeness (QED) is 0.266. The van der Waals surface area contributed by atoms with Gasteiger partial charge in [0.25, 0.3) is 0 Å². The molecule has 3 heterocycles. The van der Waals surface area contributed by atoms with Gasteiger partial charge in [-0.25, -0.2) is 0 Å².